The Balaban J connectivity index is 1.53. The summed E-state index contributed by atoms with van der Waals surface area (Å²) in [6.07, 6.45) is 1.70. The molecule has 4 N–H and O–H groups in total. The third kappa shape index (κ3) is 5.63. The van der Waals surface area contributed by atoms with Gasteiger partial charge in [0.2, 0.25) is 10.0 Å². The fourth-order valence-electron chi connectivity index (χ4n) is 2.47. The first kappa shape index (κ1) is 22.4. The number of nitrogens with one attached hydrogen (secondary N) is 4. The largest absolute Gasteiger partial charge is 0.340 e. The summed E-state index contributed by atoms with van der Waals surface area (Å²) in [6.45, 7) is 1.51. The zero-order valence-corrected chi connectivity index (χ0v) is 18.2. The summed E-state index contributed by atoms with van der Waals surface area (Å²) in [5, 5.41) is 2.87. The number of sulfonamides is 1. The van der Waals surface area contributed by atoms with E-state index in [2.05, 4.69) is 20.9 Å². The first-order valence-electron chi connectivity index (χ1n) is 9.10. The van der Waals surface area contributed by atoms with E-state index in [1.54, 1.807) is 12.1 Å². The molecule has 0 spiro atoms. The molecule has 1 fully saturated rings. The van der Waals surface area contributed by atoms with Crippen molar-refractivity contribution in [2.75, 3.05) is 5.43 Å². The van der Waals surface area contributed by atoms with Gasteiger partial charge in [-0.3, -0.25) is 20.4 Å². The first-order chi connectivity index (χ1) is 14.2. The van der Waals surface area contributed by atoms with Crippen molar-refractivity contribution < 1.29 is 18.0 Å². The predicted molar refractivity (Wildman–Crippen MR) is 115 cm³/mol. The van der Waals surface area contributed by atoms with Crippen molar-refractivity contribution in [3.63, 3.8) is 0 Å². The average Bonchev–Trinajstić information content (AvgIpc) is 3.51. The highest BCUT2D eigenvalue weighted by molar-refractivity contribution is 7.89. The van der Waals surface area contributed by atoms with Crippen LogP contribution in [0.15, 0.2) is 47.4 Å². The van der Waals surface area contributed by atoms with E-state index in [1.807, 2.05) is 0 Å². The van der Waals surface area contributed by atoms with E-state index in [1.165, 1.54) is 37.3 Å². The molecule has 2 aromatic rings. The average molecular weight is 471 g/mol. The lowest BCUT2D eigenvalue weighted by Gasteiger charge is -2.16. The van der Waals surface area contributed by atoms with Crippen LogP contribution in [0.1, 0.15) is 30.1 Å². The van der Waals surface area contributed by atoms with Crippen LogP contribution in [0.4, 0.5) is 5.69 Å². The fourth-order valence-corrected chi connectivity index (χ4v) is 4.16. The van der Waals surface area contributed by atoms with E-state index < -0.39 is 27.9 Å². The van der Waals surface area contributed by atoms with Crippen LogP contribution in [0.3, 0.4) is 0 Å². The van der Waals surface area contributed by atoms with Crippen LogP contribution in [-0.2, 0) is 14.8 Å². The van der Waals surface area contributed by atoms with Gasteiger partial charge >= 0.3 is 0 Å². The van der Waals surface area contributed by atoms with Crippen molar-refractivity contribution in [2.45, 2.75) is 36.7 Å². The Kier molecular flexibility index (Phi) is 6.87. The summed E-state index contributed by atoms with van der Waals surface area (Å²) in [5.41, 5.74) is 5.77. The molecule has 1 aliphatic carbocycles. The first-order valence-corrected chi connectivity index (χ1v) is 11.3. The summed E-state index contributed by atoms with van der Waals surface area (Å²) in [7, 11) is -3.54. The van der Waals surface area contributed by atoms with Crippen molar-refractivity contribution in [1.82, 2.24) is 15.5 Å². The molecule has 3 rings (SSSR count). The van der Waals surface area contributed by atoms with Crippen molar-refractivity contribution in [2.24, 2.45) is 0 Å². The summed E-state index contributed by atoms with van der Waals surface area (Å²) in [5.74, 6) is -1.04. The molecule has 1 unspecified atom stereocenters. The molecule has 2 amide bonds. The molecule has 0 aromatic heterocycles. The lowest BCUT2D eigenvalue weighted by Crippen LogP contribution is -2.46. The van der Waals surface area contributed by atoms with Gasteiger partial charge in [-0.2, -0.15) is 0 Å². The van der Waals surface area contributed by atoms with Crippen LogP contribution in [0.2, 0.25) is 10.0 Å². The highest BCUT2D eigenvalue weighted by atomic mass is 35.5. The van der Waals surface area contributed by atoms with E-state index in [0.717, 1.165) is 12.8 Å². The van der Waals surface area contributed by atoms with E-state index in [0.29, 0.717) is 5.69 Å². The van der Waals surface area contributed by atoms with Gasteiger partial charge in [0, 0.05) is 6.04 Å². The maximum absolute atomic E-state index is 12.3. The zero-order valence-electron chi connectivity index (χ0n) is 15.9. The monoisotopic (exact) mass is 470 g/mol. The molecule has 1 saturated carbocycles. The van der Waals surface area contributed by atoms with E-state index in [4.69, 9.17) is 23.2 Å². The zero-order chi connectivity index (χ0) is 21.9. The molecule has 11 heteroatoms. The lowest BCUT2D eigenvalue weighted by atomic mass is 10.2. The van der Waals surface area contributed by atoms with Gasteiger partial charge in [-0.05, 0) is 56.2 Å². The molecule has 1 atom stereocenters. The predicted octanol–water partition coefficient (Wildman–Crippen LogP) is 2.70. The number of hydrazine groups is 1. The smallest absolute Gasteiger partial charge is 0.260 e. The van der Waals surface area contributed by atoms with Crippen molar-refractivity contribution in [1.29, 1.82) is 0 Å². The number of hydrogen-bond acceptors (Lipinski definition) is 5. The van der Waals surface area contributed by atoms with Crippen molar-refractivity contribution in [3.8, 4) is 0 Å². The number of amides is 2. The minimum Gasteiger partial charge on any atom is -0.340 e. The van der Waals surface area contributed by atoms with E-state index in [9.17, 15) is 18.0 Å². The molecule has 0 radical (unpaired) electrons. The van der Waals surface area contributed by atoms with Crippen LogP contribution in [0, 0.1) is 0 Å². The number of carbonyl (C=O) groups excluding carboxylic acids is 2. The second-order valence-corrected chi connectivity index (χ2v) is 9.33. The number of rotatable bonds is 8. The fraction of sp³-hybridized carbons (Fsp3) is 0.263. The van der Waals surface area contributed by atoms with Gasteiger partial charge in [-0.15, -0.1) is 0 Å². The van der Waals surface area contributed by atoms with E-state index in [-0.39, 0.29) is 26.5 Å². The molecule has 1 aliphatic rings. The normalized spacial score (nSPS) is 14.6. The molecule has 8 nitrogen and oxygen atoms in total. The molecule has 160 valence electrons. The van der Waals surface area contributed by atoms with Gasteiger partial charge in [0.05, 0.1) is 26.2 Å². The van der Waals surface area contributed by atoms with Gasteiger partial charge < -0.3 is 5.32 Å². The molecule has 0 bridgehead atoms. The van der Waals surface area contributed by atoms with Crippen LogP contribution in [-0.4, -0.2) is 32.3 Å². The van der Waals surface area contributed by atoms with Gasteiger partial charge in [-0.25, -0.2) is 13.1 Å². The summed E-state index contributed by atoms with van der Waals surface area (Å²) in [4.78, 5) is 24.7. The van der Waals surface area contributed by atoms with Gasteiger partial charge in [0.25, 0.3) is 11.8 Å². The third-order valence-corrected chi connectivity index (χ3v) is 6.69. The maximum Gasteiger partial charge on any atom is 0.260 e. The van der Waals surface area contributed by atoms with Crippen LogP contribution in [0.25, 0.3) is 0 Å². The topological polar surface area (TPSA) is 116 Å². The second-order valence-electron chi connectivity index (χ2n) is 6.83. The van der Waals surface area contributed by atoms with Crippen molar-refractivity contribution in [3.05, 3.63) is 58.1 Å². The molecular formula is C19H20Cl2N4O4S. The molecule has 2 aromatic carbocycles. The molecule has 0 saturated heterocycles. The Labute approximate surface area is 184 Å². The molecule has 30 heavy (non-hydrogen) atoms. The number of benzene rings is 2. The SMILES string of the molecule is CC(NC(=O)c1cccc(Cl)c1Cl)C(=O)NNc1ccc(S(=O)(=O)NC2CC2)cc1. The highest BCUT2D eigenvalue weighted by Crippen LogP contribution is 2.25. The number of halogens is 2. The Morgan fingerprint density at radius 3 is 2.37 bits per heavy atom. The number of hydrogen-bond donors (Lipinski definition) is 4. The summed E-state index contributed by atoms with van der Waals surface area (Å²) in [6, 6.07) is 9.71. The summed E-state index contributed by atoms with van der Waals surface area (Å²) < 4.78 is 26.9. The minimum atomic E-state index is -3.54. The van der Waals surface area contributed by atoms with Gasteiger partial charge in [-0.1, -0.05) is 29.3 Å². The minimum absolute atomic E-state index is 0.0191. The molecule has 0 aliphatic heterocycles. The third-order valence-electron chi connectivity index (χ3n) is 4.33. The summed E-state index contributed by atoms with van der Waals surface area (Å²) >= 11 is 11.9. The Bertz CT molecular complexity index is 1060. The molecule has 0 heterocycles. The Morgan fingerprint density at radius 2 is 1.73 bits per heavy atom. The maximum atomic E-state index is 12.3. The number of anilines is 1. The highest BCUT2D eigenvalue weighted by Gasteiger charge is 2.27. The lowest BCUT2D eigenvalue weighted by molar-refractivity contribution is -0.122. The Morgan fingerprint density at radius 1 is 1.07 bits per heavy atom. The van der Waals surface area contributed by atoms with Gasteiger partial charge in [0.15, 0.2) is 0 Å². The number of carbonyl (C=O) groups is 2. The van der Waals surface area contributed by atoms with Crippen molar-refractivity contribution >= 4 is 50.7 Å². The quantitative estimate of drug-likeness (QED) is 0.442. The Hall–Kier alpha value is -2.33. The van der Waals surface area contributed by atoms with Gasteiger partial charge in [0.1, 0.15) is 6.04 Å². The van der Waals surface area contributed by atoms with Crippen LogP contribution >= 0.6 is 23.2 Å². The molecular weight excluding hydrogens is 451 g/mol. The van der Waals surface area contributed by atoms with Crippen LogP contribution in [0.5, 0.6) is 0 Å². The van der Waals surface area contributed by atoms with E-state index >= 15 is 0 Å². The standard InChI is InChI=1S/C19H20Cl2N4O4S/c1-11(22-19(27)15-3-2-4-16(20)17(15)21)18(26)24-23-12-7-9-14(10-8-12)30(28,29)25-13-5-6-13/h2-4,7-11,13,23,25H,5-6H2,1H3,(H,22,27)(H,24,26). The van der Waals surface area contributed by atoms with Crippen LogP contribution < -0.4 is 20.9 Å². The second kappa shape index (κ2) is 9.22.